The van der Waals surface area contributed by atoms with E-state index >= 15 is 0 Å². The summed E-state index contributed by atoms with van der Waals surface area (Å²) < 4.78 is 13.1. The molecule has 0 amide bonds. The minimum atomic E-state index is 0.465. The van der Waals surface area contributed by atoms with Crippen LogP contribution < -0.4 is 10.5 Å². The van der Waals surface area contributed by atoms with E-state index in [1.165, 1.54) is 6.33 Å². The Hall–Kier alpha value is -2.97. The summed E-state index contributed by atoms with van der Waals surface area (Å²) in [5.41, 5.74) is 8.12. The predicted octanol–water partition coefficient (Wildman–Crippen LogP) is 2.05. The first kappa shape index (κ1) is 17.4. The summed E-state index contributed by atoms with van der Waals surface area (Å²) in [6.45, 7) is 5.35. The second-order valence-electron chi connectivity index (χ2n) is 6.36. The molecule has 1 aliphatic rings. The summed E-state index contributed by atoms with van der Waals surface area (Å²) in [4.78, 5) is 10.9. The van der Waals surface area contributed by atoms with Gasteiger partial charge in [0.05, 0.1) is 31.6 Å². The lowest BCUT2D eigenvalue weighted by atomic mass is 10.2. The molecule has 0 unspecified atom stereocenters. The van der Waals surface area contributed by atoms with Gasteiger partial charge >= 0.3 is 0 Å². The fourth-order valence-electron chi connectivity index (χ4n) is 2.94. The molecule has 0 spiro atoms. The van der Waals surface area contributed by atoms with E-state index < -0.39 is 0 Å². The van der Waals surface area contributed by atoms with E-state index in [2.05, 4.69) is 20.0 Å². The minimum absolute atomic E-state index is 0.465. The average molecular weight is 366 g/mol. The van der Waals surface area contributed by atoms with E-state index in [-0.39, 0.29) is 0 Å². The molecule has 0 radical (unpaired) electrons. The van der Waals surface area contributed by atoms with E-state index in [4.69, 9.17) is 15.2 Å². The number of morpholine rings is 1. The average Bonchev–Trinajstić information content (AvgIpc) is 3.17. The van der Waals surface area contributed by atoms with Gasteiger partial charge in [0.2, 0.25) is 5.88 Å². The van der Waals surface area contributed by atoms with E-state index in [9.17, 15) is 0 Å². The lowest BCUT2D eigenvalue weighted by Gasteiger charge is -2.26. The van der Waals surface area contributed by atoms with Crippen molar-refractivity contribution in [2.24, 2.45) is 0 Å². The molecule has 0 saturated carbocycles. The fourth-order valence-corrected chi connectivity index (χ4v) is 2.94. The summed E-state index contributed by atoms with van der Waals surface area (Å²) in [5.74, 6) is 1.10. The van der Waals surface area contributed by atoms with E-state index in [1.54, 1.807) is 12.1 Å². The van der Waals surface area contributed by atoms with Gasteiger partial charge < -0.3 is 15.2 Å². The van der Waals surface area contributed by atoms with Gasteiger partial charge in [0.1, 0.15) is 12.1 Å². The molecule has 4 rings (SSSR count). The molecular formula is C19H22N6O2. The Balaban J connectivity index is 1.42. The summed E-state index contributed by atoms with van der Waals surface area (Å²) in [6.07, 6.45) is 5.29. The van der Waals surface area contributed by atoms with Crippen LogP contribution in [0, 0.1) is 0 Å². The van der Waals surface area contributed by atoms with Crippen LogP contribution in [-0.2, 0) is 11.3 Å². The zero-order chi connectivity index (χ0) is 18.5. The summed E-state index contributed by atoms with van der Waals surface area (Å²) in [6, 6.07) is 9.04. The molecule has 0 atom stereocenters. The van der Waals surface area contributed by atoms with Gasteiger partial charge in [-0.1, -0.05) is 6.07 Å². The maximum atomic E-state index is 5.78. The molecule has 27 heavy (non-hydrogen) atoms. The Labute approximate surface area is 157 Å². The van der Waals surface area contributed by atoms with Crippen molar-refractivity contribution >= 4 is 5.69 Å². The number of ether oxygens (including phenoxy) is 2. The van der Waals surface area contributed by atoms with Crippen molar-refractivity contribution in [3.63, 3.8) is 0 Å². The van der Waals surface area contributed by atoms with Crippen molar-refractivity contribution in [2.75, 3.05) is 38.6 Å². The third-order valence-corrected chi connectivity index (χ3v) is 4.40. The molecule has 1 saturated heterocycles. The van der Waals surface area contributed by atoms with Crippen LogP contribution in [0.15, 0.2) is 49.1 Å². The Morgan fingerprint density at radius 2 is 2.00 bits per heavy atom. The SMILES string of the molecule is Nc1cccc(Oc2cc(-c3cnn(CCN4CCOCC4)c3)ncn2)c1. The zero-order valence-corrected chi connectivity index (χ0v) is 15.0. The Morgan fingerprint density at radius 1 is 1.11 bits per heavy atom. The van der Waals surface area contributed by atoms with Crippen LogP contribution in [0.1, 0.15) is 0 Å². The van der Waals surface area contributed by atoms with Gasteiger partial charge in [-0.25, -0.2) is 9.97 Å². The van der Waals surface area contributed by atoms with Crippen molar-refractivity contribution in [3.8, 4) is 22.9 Å². The monoisotopic (exact) mass is 366 g/mol. The molecule has 3 heterocycles. The Morgan fingerprint density at radius 3 is 2.85 bits per heavy atom. The molecule has 2 N–H and O–H groups in total. The Kier molecular flexibility index (Phi) is 5.27. The van der Waals surface area contributed by atoms with Gasteiger partial charge in [0.15, 0.2) is 0 Å². The Bertz CT molecular complexity index is 891. The van der Waals surface area contributed by atoms with Crippen LogP contribution in [0.4, 0.5) is 5.69 Å². The first-order valence-electron chi connectivity index (χ1n) is 8.95. The highest BCUT2D eigenvalue weighted by Gasteiger charge is 2.11. The van der Waals surface area contributed by atoms with Crippen LogP contribution in [0.3, 0.4) is 0 Å². The van der Waals surface area contributed by atoms with Gasteiger partial charge in [-0.2, -0.15) is 5.10 Å². The van der Waals surface area contributed by atoms with E-state index in [0.29, 0.717) is 17.3 Å². The number of hydrogen-bond donors (Lipinski definition) is 1. The molecule has 8 heteroatoms. The first-order chi connectivity index (χ1) is 13.3. The van der Waals surface area contributed by atoms with Crippen LogP contribution >= 0.6 is 0 Å². The molecule has 8 nitrogen and oxygen atoms in total. The molecule has 0 aliphatic carbocycles. The highest BCUT2D eigenvalue weighted by atomic mass is 16.5. The van der Waals surface area contributed by atoms with Crippen molar-refractivity contribution in [1.82, 2.24) is 24.6 Å². The molecule has 1 aromatic carbocycles. The van der Waals surface area contributed by atoms with Crippen LogP contribution in [0.2, 0.25) is 0 Å². The zero-order valence-electron chi connectivity index (χ0n) is 15.0. The first-order valence-corrected chi connectivity index (χ1v) is 8.95. The summed E-state index contributed by atoms with van der Waals surface area (Å²) in [7, 11) is 0. The molecule has 2 aromatic heterocycles. The molecule has 140 valence electrons. The van der Waals surface area contributed by atoms with Gasteiger partial charge in [0, 0.05) is 49.2 Å². The number of rotatable bonds is 6. The number of anilines is 1. The molecule has 1 aliphatic heterocycles. The van der Waals surface area contributed by atoms with Crippen molar-refractivity contribution in [3.05, 3.63) is 49.1 Å². The molecule has 3 aromatic rings. The number of hydrogen-bond acceptors (Lipinski definition) is 7. The normalized spacial score (nSPS) is 15.0. The van der Waals surface area contributed by atoms with Crippen LogP contribution in [0.25, 0.3) is 11.3 Å². The lowest BCUT2D eigenvalue weighted by Crippen LogP contribution is -2.38. The van der Waals surface area contributed by atoms with Gasteiger partial charge in [-0.15, -0.1) is 0 Å². The molecule has 0 bridgehead atoms. The largest absolute Gasteiger partial charge is 0.439 e. The number of nitrogens with two attached hydrogens (primary N) is 1. The second-order valence-corrected chi connectivity index (χ2v) is 6.36. The van der Waals surface area contributed by atoms with Crippen molar-refractivity contribution in [2.45, 2.75) is 6.54 Å². The van der Waals surface area contributed by atoms with Crippen LogP contribution in [0.5, 0.6) is 11.6 Å². The maximum absolute atomic E-state index is 5.78. The minimum Gasteiger partial charge on any atom is -0.439 e. The summed E-state index contributed by atoms with van der Waals surface area (Å²) in [5, 5.41) is 4.44. The fraction of sp³-hybridized carbons (Fsp3) is 0.316. The third kappa shape index (κ3) is 4.60. The van der Waals surface area contributed by atoms with Crippen LogP contribution in [-0.4, -0.2) is 57.5 Å². The topological polar surface area (TPSA) is 91.3 Å². The lowest BCUT2D eigenvalue weighted by molar-refractivity contribution is 0.0360. The summed E-state index contributed by atoms with van der Waals surface area (Å²) >= 11 is 0. The number of nitrogen functional groups attached to an aromatic ring is 1. The standard InChI is InChI=1S/C19H22N6O2/c20-16-2-1-3-17(10-16)27-19-11-18(21-14-22-19)15-12-23-25(13-15)5-4-24-6-8-26-9-7-24/h1-3,10-14H,4-9,20H2. The van der Waals surface area contributed by atoms with E-state index in [1.807, 2.05) is 35.3 Å². The molecular weight excluding hydrogens is 344 g/mol. The molecule has 1 fully saturated rings. The third-order valence-electron chi connectivity index (χ3n) is 4.40. The number of benzene rings is 1. The smallest absolute Gasteiger partial charge is 0.222 e. The second kappa shape index (κ2) is 8.15. The van der Waals surface area contributed by atoms with Gasteiger partial charge in [-0.05, 0) is 12.1 Å². The maximum Gasteiger partial charge on any atom is 0.222 e. The highest BCUT2D eigenvalue weighted by Crippen LogP contribution is 2.24. The van der Waals surface area contributed by atoms with Crippen molar-refractivity contribution in [1.29, 1.82) is 0 Å². The number of nitrogens with zero attached hydrogens (tertiary/aromatic N) is 5. The van der Waals surface area contributed by atoms with Gasteiger partial charge in [0.25, 0.3) is 0 Å². The number of aromatic nitrogens is 4. The highest BCUT2D eigenvalue weighted by molar-refractivity contribution is 5.58. The van der Waals surface area contributed by atoms with E-state index in [0.717, 1.165) is 50.7 Å². The van der Waals surface area contributed by atoms with Gasteiger partial charge in [-0.3, -0.25) is 9.58 Å². The van der Waals surface area contributed by atoms with Crippen molar-refractivity contribution < 1.29 is 9.47 Å². The quantitative estimate of drug-likeness (QED) is 0.668. The predicted molar refractivity (Wildman–Crippen MR) is 101 cm³/mol.